The van der Waals surface area contributed by atoms with Gasteiger partial charge >= 0.3 is 0 Å². The maximum absolute atomic E-state index is 12.0. The molecule has 0 spiro atoms. The molecule has 1 N–H and O–H groups in total. The molecule has 2 rings (SSSR count). The van der Waals surface area contributed by atoms with Gasteiger partial charge in [-0.3, -0.25) is 4.98 Å². The summed E-state index contributed by atoms with van der Waals surface area (Å²) in [6.07, 6.45) is 3.99. The summed E-state index contributed by atoms with van der Waals surface area (Å²) in [5.41, 5.74) is 1.04. The number of pyridine rings is 1. The number of benzene rings is 1. The SMILES string of the molecule is O=S(=O)(NCCc1ccncc1)c1ccc(Cl)cc1. The van der Waals surface area contributed by atoms with Crippen molar-refractivity contribution < 1.29 is 8.42 Å². The number of sulfonamides is 1. The molecular formula is C13H13ClN2O2S. The Morgan fingerprint density at radius 1 is 1.05 bits per heavy atom. The molecule has 2 aromatic rings. The number of hydrogen-bond donors (Lipinski definition) is 1. The second kappa shape index (κ2) is 6.14. The van der Waals surface area contributed by atoms with Gasteiger partial charge in [0.05, 0.1) is 4.90 Å². The molecule has 1 heterocycles. The van der Waals surface area contributed by atoms with E-state index in [1.165, 1.54) is 12.1 Å². The van der Waals surface area contributed by atoms with Gasteiger partial charge in [-0.25, -0.2) is 13.1 Å². The normalized spacial score (nSPS) is 11.4. The van der Waals surface area contributed by atoms with Crippen molar-refractivity contribution in [2.75, 3.05) is 6.54 Å². The topological polar surface area (TPSA) is 59.1 Å². The van der Waals surface area contributed by atoms with E-state index in [1.54, 1.807) is 24.5 Å². The van der Waals surface area contributed by atoms with Crippen LogP contribution in [0.1, 0.15) is 5.56 Å². The standard InChI is InChI=1S/C13H13ClN2O2S/c14-12-1-3-13(4-2-12)19(17,18)16-10-7-11-5-8-15-9-6-11/h1-6,8-9,16H,7,10H2. The van der Waals surface area contributed by atoms with E-state index in [1.807, 2.05) is 12.1 Å². The lowest BCUT2D eigenvalue weighted by Crippen LogP contribution is -2.25. The van der Waals surface area contributed by atoms with Gasteiger partial charge in [0.15, 0.2) is 0 Å². The number of rotatable bonds is 5. The molecule has 0 aliphatic rings. The maximum atomic E-state index is 12.0. The minimum atomic E-state index is -3.47. The molecule has 6 heteroatoms. The van der Waals surface area contributed by atoms with Crippen molar-refractivity contribution in [2.45, 2.75) is 11.3 Å². The van der Waals surface area contributed by atoms with Crippen LogP contribution in [0.4, 0.5) is 0 Å². The third kappa shape index (κ3) is 4.02. The van der Waals surface area contributed by atoms with Gasteiger partial charge in [0.1, 0.15) is 0 Å². The van der Waals surface area contributed by atoms with Crippen LogP contribution in [0, 0.1) is 0 Å². The van der Waals surface area contributed by atoms with Crippen LogP contribution in [0.3, 0.4) is 0 Å². The summed E-state index contributed by atoms with van der Waals surface area (Å²) in [5.74, 6) is 0. The molecule has 4 nitrogen and oxygen atoms in total. The fourth-order valence-corrected chi connectivity index (χ4v) is 2.73. The molecule has 0 unspecified atom stereocenters. The molecule has 0 amide bonds. The molecule has 1 aromatic heterocycles. The Hall–Kier alpha value is -1.43. The first-order chi connectivity index (χ1) is 9.08. The molecule has 0 saturated carbocycles. The summed E-state index contributed by atoms with van der Waals surface area (Å²) in [4.78, 5) is 4.12. The van der Waals surface area contributed by atoms with Crippen molar-refractivity contribution in [1.29, 1.82) is 0 Å². The van der Waals surface area contributed by atoms with Crippen LogP contribution in [0.15, 0.2) is 53.7 Å². The van der Waals surface area contributed by atoms with Crippen LogP contribution in [0.2, 0.25) is 5.02 Å². The number of nitrogens with zero attached hydrogens (tertiary/aromatic N) is 1. The summed E-state index contributed by atoms with van der Waals surface area (Å²) < 4.78 is 26.5. The second-order valence-corrected chi connectivity index (χ2v) is 6.16. The van der Waals surface area contributed by atoms with E-state index in [9.17, 15) is 8.42 Å². The molecule has 0 aliphatic heterocycles. The zero-order valence-electron chi connectivity index (χ0n) is 10.1. The maximum Gasteiger partial charge on any atom is 0.240 e. The number of halogens is 1. The highest BCUT2D eigenvalue weighted by Crippen LogP contribution is 2.13. The highest BCUT2D eigenvalue weighted by atomic mass is 35.5. The third-order valence-electron chi connectivity index (χ3n) is 2.58. The predicted octanol–water partition coefficient (Wildman–Crippen LogP) is 2.26. The van der Waals surface area contributed by atoms with Crippen LogP contribution in [-0.4, -0.2) is 19.9 Å². The lowest BCUT2D eigenvalue weighted by atomic mass is 10.2. The highest BCUT2D eigenvalue weighted by molar-refractivity contribution is 7.89. The van der Waals surface area contributed by atoms with E-state index < -0.39 is 10.0 Å². The first-order valence-corrected chi connectivity index (χ1v) is 7.58. The fourth-order valence-electron chi connectivity index (χ4n) is 1.58. The fraction of sp³-hybridized carbons (Fsp3) is 0.154. The number of hydrogen-bond acceptors (Lipinski definition) is 3. The van der Waals surface area contributed by atoms with Crippen LogP contribution in [-0.2, 0) is 16.4 Å². The lowest BCUT2D eigenvalue weighted by molar-refractivity contribution is 0.581. The van der Waals surface area contributed by atoms with Crippen molar-refractivity contribution >= 4 is 21.6 Å². The van der Waals surface area contributed by atoms with Crippen molar-refractivity contribution in [3.8, 4) is 0 Å². The highest BCUT2D eigenvalue weighted by Gasteiger charge is 2.12. The Balaban J connectivity index is 1.97. The van der Waals surface area contributed by atoms with Crippen molar-refractivity contribution in [3.05, 3.63) is 59.4 Å². The predicted molar refractivity (Wildman–Crippen MR) is 74.6 cm³/mol. The molecular weight excluding hydrogens is 284 g/mol. The Morgan fingerprint density at radius 3 is 2.32 bits per heavy atom. The monoisotopic (exact) mass is 296 g/mol. The smallest absolute Gasteiger partial charge is 0.240 e. The Morgan fingerprint density at radius 2 is 1.68 bits per heavy atom. The minimum absolute atomic E-state index is 0.214. The van der Waals surface area contributed by atoms with E-state index in [4.69, 9.17) is 11.6 Å². The van der Waals surface area contributed by atoms with Gasteiger partial charge in [0.25, 0.3) is 0 Å². The van der Waals surface area contributed by atoms with E-state index in [-0.39, 0.29) is 4.90 Å². The van der Waals surface area contributed by atoms with Crippen molar-refractivity contribution in [3.63, 3.8) is 0 Å². The van der Waals surface area contributed by atoms with Gasteiger partial charge in [-0.05, 0) is 48.4 Å². The average molecular weight is 297 g/mol. The molecule has 0 radical (unpaired) electrons. The van der Waals surface area contributed by atoms with E-state index >= 15 is 0 Å². The average Bonchev–Trinajstić information content (AvgIpc) is 2.40. The van der Waals surface area contributed by atoms with Gasteiger partial charge in [0, 0.05) is 24.0 Å². The Bertz CT molecular complexity index is 627. The second-order valence-electron chi connectivity index (χ2n) is 3.96. The molecule has 1 aromatic carbocycles. The van der Waals surface area contributed by atoms with E-state index in [2.05, 4.69) is 9.71 Å². The van der Waals surface area contributed by atoms with Crippen LogP contribution in [0.5, 0.6) is 0 Å². The molecule has 0 bridgehead atoms. The van der Waals surface area contributed by atoms with Gasteiger partial charge in [-0.2, -0.15) is 0 Å². The van der Waals surface area contributed by atoms with Crippen molar-refractivity contribution in [2.24, 2.45) is 0 Å². The van der Waals surface area contributed by atoms with Crippen LogP contribution >= 0.6 is 11.6 Å². The summed E-state index contributed by atoms with van der Waals surface area (Å²) in [7, 11) is -3.47. The Kier molecular flexibility index (Phi) is 4.52. The molecule has 0 fully saturated rings. The quantitative estimate of drug-likeness (QED) is 0.920. The molecule has 0 saturated heterocycles. The van der Waals surface area contributed by atoms with Gasteiger partial charge in [-0.1, -0.05) is 11.6 Å². The number of nitrogens with one attached hydrogen (secondary N) is 1. The lowest BCUT2D eigenvalue weighted by Gasteiger charge is -2.06. The van der Waals surface area contributed by atoms with Gasteiger partial charge in [0.2, 0.25) is 10.0 Å². The van der Waals surface area contributed by atoms with Gasteiger partial charge < -0.3 is 0 Å². The summed E-state index contributed by atoms with van der Waals surface area (Å²) in [6, 6.07) is 9.79. The van der Waals surface area contributed by atoms with E-state index in [0.29, 0.717) is 18.0 Å². The zero-order chi connectivity index (χ0) is 13.7. The molecule has 100 valence electrons. The van der Waals surface area contributed by atoms with Crippen LogP contribution in [0.25, 0.3) is 0 Å². The summed E-state index contributed by atoms with van der Waals surface area (Å²) in [6.45, 7) is 0.342. The van der Waals surface area contributed by atoms with Gasteiger partial charge in [-0.15, -0.1) is 0 Å². The molecule has 0 atom stereocenters. The first-order valence-electron chi connectivity index (χ1n) is 5.72. The zero-order valence-corrected chi connectivity index (χ0v) is 11.7. The molecule has 0 aliphatic carbocycles. The van der Waals surface area contributed by atoms with E-state index in [0.717, 1.165) is 5.56 Å². The summed E-state index contributed by atoms with van der Waals surface area (Å²) >= 11 is 5.72. The summed E-state index contributed by atoms with van der Waals surface area (Å²) in [5, 5.41) is 0.510. The Labute approximate surface area is 117 Å². The first kappa shape index (κ1) is 14.0. The van der Waals surface area contributed by atoms with Crippen LogP contribution < -0.4 is 4.72 Å². The molecule has 19 heavy (non-hydrogen) atoms. The minimum Gasteiger partial charge on any atom is -0.265 e. The largest absolute Gasteiger partial charge is 0.265 e. The third-order valence-corrected chi connectivity index (χ3v) is 4.31. The van der Waals surface area contributed by atoms with Crippen molar-refractivity contribution in [1.82, 2.24) is 9.71 Å². The number of aromatic nitrogens is 1.